The van der Waals surface area contributed by atoms with Crippen molar-refractivity contribution in [2.75, 3.05) is 6.54 Å². The van der Waals surface area contributed by atoms with Gasteiger partial charge in [-0.2, -0.15) is 0 Å². The second kappa shape index (κ2) is 4.28. The van der Waals surface area contributed by atoms with Gasteiger partial charge in [-0.05, 0) is 19.4 Å². The molecule has 0 bridgehead atoms. The summed E-state index contributed by atoms with van der Waals surface area (Å²) in [7, 11) is 0. The Bertz CT molecular complexity index is 112. The van der Waals surface area contributed by atoms with Gasteiger partial charge in [0.1, 0.15) is 6.04 Å². The molecule has 0 aliphatic heterocycles. The summed E-state index contributed by atoms with van der Waals surface area (Å²) in [4.78, 5) is 10.2. The number of carboxylic acids is 1. The Morgan fingerprint density at radius 1 is 1.50 bits per heavy atom. The van der Waals surface area contributed by atoms with Crippen molar-refractivity contribution in [2.24, 2.45) is 5.92 Å². The Balaban J connectivity index is 3.40. The van der Waals surface area contributed by atoms with Gasteiger partial charge in [0, 0.05) is 0 Å². The van der Waals surface area contributed by atoms with Crippen LogP contribution in [0.3, 0.4) is 0 Å². The summed E-state index contributed by atoms with van der Waals surface area (Å²) in [5, 5.41) is 11.3. The van der Waals surface area contributed by atoms with Gasteiger partial charge in [0.2, 0.25) is 0 Å². The van der Waals surface area contributed by atoms with E-state index in [1.807, 2.05) is 13.8 Å². The molecule has 0 heterocycles. The molecular formula is C7H15NO2. The van der Waals surface area contributed by atoms with E-state index in [1.165, 1.54) is 0 Å². The predicted octanol–water partition coefficient (Wildman–Crippen LogP) is 0.705. The molecule has 10 heavy (non-hydrogen) atoms. The van der Waals surface area contributed by atoms with Crippen LogP contribution in [0.4, 0.5) is 0 Å². The van der Waals surface area contributed by atoms with Gasteiger partial charge < -0.3 is 10.4 Å². The van der Waals surface area contributed by atoms with Crippen molar-refractivity contribution >= 4 is 5.97 Å². The standard InChI is InChI=1S/C7H15NO2/c1-5(2)4-8-6(3)7(9)10/h5-6,8H,4H2,1-3H3,(H,9,10)/t6-/m1/s1. The summed E-state index contributed by atoms with van der Waals surface area (Å²) in [6, 6.07) is -0.428. The number of hydrogen-bond acceptors (Lipinski definition) is 2. The number of nitrogens with one attached hydrogen (secondary N) is 1. The lowest BCUT2D eigenvalue weighted by molar-refractivity contribution is -0.139. The molecule has 0 spiro atoms. The molecule has 3 heteroatoms. The minimum Gasteiger partial charge on any atom is -0.480 e. The number of carboxylic acid groups (broad SMARTS) is 1. The first kappa shape index (κ1) is 9.43. The summed E-state index contributed by atoms with van der Waals surface area (Å²) in [6.07, 6.45) is 0. The maximum atomic E-state index is 10.2. The normalized spacial score (nSPS) is 13.6. The van der Waals surface area contributed by atoms with Gasteiger partial charge in [-0.25, -0.2) is 0 Å². The highest BCUT2D eigenvalue weighted by atomic mass is 16.4. The van der Waals surface area contributed by atoms with Gasteiger partial charge in [0.15, 0.2) is 0 Å². The van der Waals surface area contributed by atoms with E-state index in [2.05, 4.69) is 5.32 Å². The van der Waals surface area contributed by atoms with Crippen LogP contribution in [0.5, 0.6) is 0 Å². The Hall–Kier alpha value is -0.570. The number of aliphatic carboxylic acids is 1. The Labute approximate surface area is 61.4 Å². The minimum absolute atomic E-state index is 0.428. The van der Waals surface area contributed by atoms with Gasteiger partial charge >= 0.3 is 5.97 Å². The molecule has 0 aromatic heterocycles. The molecule has 0 fully saturated rings. The van der Waals surface area contributed by atoms with Gasteiger partial charge in [-0.3, -0.25) is 4.79 Å². The zero-order chi connectivity index (χ0) is 8.15. The van der Waals surface area contributed by atoms with E-state index in [0.717, 1.165) is 6.54 Å². The van der Waals surface area contributed by atoms with Crippen LogP contribution in [-0.4, -0.2) is 23.7 Å². The van der Waals surface area contributed by atoms with Crippen LogP contribution in [0, 0.1) is 5.92 Å². The molecule has 0 unspecified atom stereocenters. The molecule has 0 saturated carbocycles. The third kappa shape index (κ3) is 4.32. The fourth-order valence-electron chi connectivity index (χ4n) is 0.500. The summed E-state index contributed by atoms with van der Waals surface area (Å²) in [6.45, 7) is 6.49. The fraction of sp³-hybridized carbons (Fsp3) is 0.857. The summed E-state index contributed by atoms with van der Waals surface area (Å²) in [5.41, 5.74) is 0. The first-order valence-corrected chi connectivity index (χ1v) is 3.50. The average Bonchev–Trinajstić information content (AvgIpc) is 1.82. The summed E-state index contributed by atoms with van der Waals surface area (Å²) < 4.78 is 0. The van der Waals surface area contributed by atoms with Crippen LogP contribution in [-0.2, 0) is 4.79 Å². The third-order valence-electron chi connectivity index (χ3n) is 1.20. The molecule has 60 valence electrons. The second-order valence-electron chi connectivity index (χ2n) is 2.86. The number of hydrogen-bond donors (Lipinski definition) is 2. The van der Waals surface area contributed by atoms with E-state index in [-0.39, 0.29) is 0 Å². The third-order valence-corrected chi connectivity index (χ3v) is 1.20. The molecule has 3 nitrogen and oxygen atoms in total. The molecular weight excluding hydrogens is 130 g/mol. The molecule has 2 N–H and O–H groups in total. The first-order chi connectivity index (χ1) is 4.54. The number of rotatable bonds is 4. The summed E-state index contributed by atoms with van der Waals surface area (Å²) >= 11 is 0. The second-order valence-corrected chi connectivity index (χ2v) is 2.86. The van der Waals surface area contributed by atoms with Crippen LogP contribution in [0.25, 0.3) is 0 Å². The highest BCUT2D eigenvalue weighted by molar-refractivity contribution is 5.72. The van der Waals surface area contributed by atoms with Gasteiger partial charge in [0.05, 0.1) is 0 Å². The zero-order valence-electron chi connectivity index (χ0n) is 6.72. The number of carbonyl (C=O) groups is 1. The van der Waals surface area contributed by atoms with Crippen LogP contribution in [0.2, 0.25) is 0 Å². The van der Waals surface area contributed by atoms with Crippen LogP contribution in [0.1, 0.15) is 20.8 Å². The molecule has 0 saturated heterocycles. The molecule has 0 aromatic rings. The molecule has 0 rings (SSSR count). The molecule has 0 aliphatic carbocycles. The minimum atomic E-state index is -0.791. The average molecular weight is 145 g/mol. The Morgan fingerprint density at radius 3 is 2.30 bits per heavy atom. The maximum absolute atomic E-state index is 10.2. The predicted molar refractivity (Wildman–Crippen MR) is 39.9 cm³/mol. The molecule has 0 radical (unpaired) electrons. The van der Waals surface area contributed by atoms with E-state index in [9.17, 15) is 4.79 Å². The van der Waals surface area contributed by atoms with Crippen molar-refractivity contribution < 1.29 is 9.90 Å². The Morgan fingerprint density at radius 2 is 2.00 bits per heavy atom. The lowest BCUT2D eigenvalue weighted by Gasteiger charge is -2.10. The van der Waals surface area contributed by atoms with Crippen LogP contribution in [0.15, 0.2) is 0 Å². The summed E-state index contributed by atoms with van der Waals surface area (Å²) in [5.74, 6) is -0.289. The lowest BCUT2D eigenvalue weighted by atomic mass is 10.2. The van der Waals surface area contributed by atoms with Crippen molar-refractivity contribution in [1.82, 2.24) is 5.32 Å². The van der Waals surface area contributed by atoms with E-state index in [1.54, 1.807) is 6.92 Å². The highest BCUT2D eigenvalue weighted by Gasteiger charge is 2.08. The molecule has 0 amide bonds. The smallest absolute Gasteiger partial charge is 0.320 e. The van der Waals surface area contributed by atoms with E-state index in [0.29, 0.717) is 5.92 Å². The molecule has 0 aromatic carbocycles. The van der Waals surface area contributed by atoms with Gasteiger partial charge in [0.25, 0.3) is 0 Å². The SMILES string of the molecule is CC(C)CN[C@H](C)C(=O)O. The van der Waals surface area contributed by atoms with Crippen molar-refractivity contribution in [3.05, 3.63) is 0 Å². The highest BCUT2D eigenvalue weighted by Crippen LogP contribution is 1.89. The largest absolute Gasteiger partial charge is 0.480 e. The van der Waals surface area contributed by atoms with E-state index >= 15 is 0 Å². The maximum Gasteiger partial charge on any atom is 0.320 e. The van der Waals surface area contributed by atoms with Gasteiger partial charge in [-0.15, -0.1) is 0 Å². The Kier molecular flexibility index (Phi) is 4.03. The van der Waals surface area contributed by atoms with Gasteiger partial charge in [-0.1, -0.05) is 13.8 Å². The first-order valence-electron chi connectivity index (χ1n) is 3.50. The van der Waals surface area contributed by atoms with Crippen molar-refractivity contribution in [3.63, 3.8) is 0 Å². The monoisotopic (exact) mass is 145 g/mol. The van der Waals surface area contributed by atoms with Crippen molar-refractivity contribution in [1.29, 1.82) is 0 Å². The molecule has 0 aliphatic rings. The van der Waals surface area contributed by atoms with Crippen molar-refractivity contribution in [3.8, 4) is 0 Å². The topological polar surface area (TPSA) is 49.3 Å². The molecule has 1 atom stereocenters. The quantitative estimate of drug-likeness (QED) is 0.612. The van der Waals surface area contributed by atoms with Crippen LogP contribution < -0.4 is 5.32 Å². The fourth-order valence-corrected chi connectivity index (χ4v) is 0.500. The zero-order valence-corrected chi connectivity index (χ0v) is 6.72. The van der Waals surface area contributed by atoms with Crippen LogP contribution >= 0.6 is 0 Å². The van der Waals surface area contributed by atoms with E-state index in [4.69, 9.17) is 5.11 Å². The lowest BCUT2D eigenvalue weighted by Crippen LogP contribution is -2.35. The van der Waals surface area contributed by atoms with E-state index < -0.39 is 12.0 Å². The van der Waals surface area contributed by atoms with Crippen molar-refractivity contribution in [2.45, 2.75) is 26.8 Å².